The Morgan fingerprint density at radius 2 is 2.10 bits per heavy atom. The van der Waals surface area contributed by atoms with Crippen LogP contribution >= 0.6 is 0 Å². The molecule has 0 aromatic heterocycles. The summed E-state index contributed by atoms with van der Waals surface area (Å²) in [5.74, 6) is 0. The molecule has 1 unspecified atom stereocenters. The number of fused-ring (bicyclic) bond motifs is 1. The van der Waals surface area contributed by atoms with E-state index in [0.717, 1.165) is 32.6 Å². The summed E-state index contributed by atoms with van der Waals surface area (Å²) in [6.07, 6.45) is 2.57. The van der Waals surface area contributed by atoms with Crippen molar-refractivity contribution in [3.8, 4) is 0 Å². The highest BCUT2D eigenvalue weighted by atomic mass is 15.4. The van der Waals surface area contributed by atoms with Crippen molar-refractivity contribution in [1.82, 2.24) is 15.5 Å². The molecular formula is C7H15N3. The van der Waals surface area contributed by atoms with E-state index >= 15 is 0 Å². The Balaban J connectivity index is 1.99. The highest BCUT2D eigenvalue weighted by molar-refractivity contribution is 4.77. The summed E-state index contributed by atoms with van der Waals surface area (Å²) in [5.41, 5.74) is 0. The first-order chi connectivity index (χ1) is 5.38. The van der Waals surface area contributed by atoms with E-state index < -0.39 is 0 Å². The standard InChI is InChI=1S/C7H15N3/c1-3-8-7-9-4-2-6-10(7)5-1/h7-9H,1-6H2/i/hD. The fourth-order valence-corrected chi connectivity index (χ4v) is 1.67. The second kappa shape index (κ2) is 2.86. The Morgan fingerprint density at radius 3 is 2.90 bits per heavy atom. The van der Waals surface area contributed by atoms with Crippen molar-refractivity contribution in [2.24, 2.45) is 0 Å². The molecule has 58 valence electrons. The van der Waals surface area contributed by atoms with Gasteiger partial charge in [0, 0.05) is 13.1 Å². The zero-order valence-electron chi connectivity index (χ0n) is 7.21. The maximum Gasteiger partial charge on any atom is 0.125 e. The summed E-state index contributed by atoms with van der Waals surface area (Å²) in [4.78, 5) is 2.35. The molecule has 2 saturated heterocycles. The first kappa shape index (κ1) is 5.52. The van der Waals surface area contributed by atoms with Gasteiger partial charge >= 0.3 is 0 Å². The van der Waals surface area contributed by atoms with Crippen LogP contribution in [0.2, 0.25) is 1.41 Å². The van der Waals surface area contributed by atoms with Gasteiger partial charge in [0.1, 0.15) is 7.70 Å². The van der Waals surface area contributed by atoms with Gasteiger partial charge in [-0.1, -0.05) is 0 Å². The molecule has 2 heterocycles. The van der Waals surface area contributed by atoms with Crippen LogP contribution in [-0.4, -0.2) is 37.4 Å². The third kappa shape index (κ3) is 1.17. The van der Waals surface area contributed by atoms with Crippen LogP contribution in [0.3, 0.4) is 0 Å². The van der Waals surface area contributed by atoms with Crippen LogP contribution in [0.5, 0.6) is 0 Å². The molecule has 0 radical (unpaired) electrons. The summed E-state index contributed by atoms with van der Waals surface area (Å²) in [6, 6.07) is 0. The van der Waals surface area contributed by atoms with Crippen LogP contribution in [0.25, 0.3) is 0 Å². The number of nitrogens with one attached hydrogen (secondary N) is 2. The second-order valence-corrected chi connectivity index (χ2v) is 2.98. The number of hydrogen-bond acceptors (Lipinski definition) is 3. The average molecular weight is 142 g/mol. The predicted octanol–water partition coefficient (Wildman–Crippen LogP) is -0.441. The Hall–Kier alpha value is -0.120. The summed E-state index contributed by atoms with van der Waals surface area (Å²) >= 11 is 0. The molecule has 0 aromatic rings. The fourth-order valence-electron chi connectivity index (χ4n) is 1.67. The molecule has 0 aliphatic carbocycles. The number of rotatable bonds is 0. The lowest BCUT2D eigenvalue weighted by Crippen LogP contribution is -2.62. The van der Waals surface area contributed by atoms with Crippen LogP contribution in [0.15, 0.2) is 0 Å². The third-order valence-electron chi connectivity index (χ3n) is 2.20. The smallest absolute Gasteiger partial charge is 0.125 e. The van der Waals surface area contributed by atoms with E-state index in [-0.39, 0.29) is 6.29 Å². The van der Waals surface area contributed by atoms with Crippen LogP contribution in [0, 0.1) is 0 Å². The van der Waals surface area contributed by atoms with Gasteiger partial charge in [-0.25, -0.2) is 0 Å². The largest absolute Gasteiger partial charge is 0.289 e. The molecule has 1 atom stereocenters. The van der Waals surface area contributed by atoms with Gasteiger partial charge in [0.05, 0.1) is 0 Å². The van der Waals surface area contributed by atoms with Crippen LogP contribution in [-0.2, 0) is 0 Å². The van der Waals surface area contributed by atoms with Crippen LogP contribution in [0.1, 0.15) is 12.8 Å². The lowest BCUT2D eigenvalue weighted by atomic mass is 10.2. The van der Waals surface area contributed by atoms with Gasteiger partial charge in [-0.05, 0) is 25.9 Å². The van der Waals surface area contributed by atoms with Gasteiger partial charge in [-0.15, -0.1) is 0 Å². The molecule has 2 rings (SSSR count). The molecule has 10 heavy (non-hydrogen) atoms. The Kier molecular flexibility index (Phi) is 1.58. The van der Waals surface area contributed by atoms with Gasteiger partial charge in [-0.3, -0.25) is 15.5 Å². The van der Waals surface area contributed by atoms with E-state index in [0.29, 0.717) is 0 Å². The van der Waals surface area contributed by atoms with Gasteiger partial charge in [0.2, 0.25) is 0 Å². The molecule has 0 aromatic carbocycles. The molecule has 3 nitrogen and oxygen atoms in total. The molecule has 2 aliphatic heterocycles. The zero-order chi connectivity index (χ0) is 7.68. The Morgan fingerprint density at radius 1 is 1.30 bits per heavy atom. The minimum absolute atomic E-state index is 0.206. The van der Waals surface area contributed by atoms with E-state index in [1.807, 2.05) is 0 Å². The molecule has 0 saturated carbocycles. The van der Waals surface area contributed by atoms with Crippen molar-refractivity contribution < 1.29 is 1.41 Å². The Labute approximate surface area is 63.2 Å². The zero-order valence-corrected chi connectivity index (χ0v) is 6.21. The molecule has 0 amide bonds. The first-order valence-electron chi connectivity index (χ1n) is 4.55. The lowest BCUT2D eigenvalue weighted by Gasteiger charge is -2.40. The average Bonchev–Trinajstić information content (AvgIpc) is 2.06. The van der Waals surface area contributed by atoms with Gasteiger partial charge in [0.15, 0.2) is 0 Å². The van der Waals surface area contributed by atoms with Gasteiger partial charge in [0.25, 0.3) is 0 Å². The van der Waals surface area contributed by atoms with Crippen molar-refractivity contribution in [1.29, 1.82) is 0 Å². The molecule has 2 aliphatic rings. The molecule has 0 bridgehead atoms. The summed E-state index contributed by atoms with van der Waals surface area (Å²) in [6.45, 7) is 4.30. The lowest BCUT2D eigenvalue weighted by molar-refractivity contribution is 0.0762. The van der Waals surface area contributed by atoms with Crippen molar-refractivity contribution in [3.63, 3.8) is 0 Å². The van der Waals surface area contributed by atoms with Crippen LogP contribution in [0.4, 0.5) is 0 Å². The minimum Gasteiger partial charge on any atom is -0.289 e. The van der Waals surface area contributed by atoms with Crippen molar-refractivity contribution in [3.05, 3.63) is 0 Å². The first-order valence-corrected chi connectivity index (χ1v) is 4.11. The maximum absolute atomic E-state index is 7.63. The highest BCUT2D eigenvalue weighted by Gasteiger charge is 2.23. The topological polar surface area (TPSA) is 27.3 Å². The fraction of sp³-hybridized carbons (Fsp3) is 1.00. The molecule has 2 N–H and O–H groups in total. The van der Waals surface area contributed by atoms with Crippen molar-refractivity contribution in [2.75, 3.05) is 26.2 Å². The number of nitrogens with zero attached hydrogens (tertiary/aromatic N) is 1. The van der Waals surface area contributed by atoms with E-state index in [1.165, 1.54) is 6.42 Å². The van der Waals surface area contributed by atoms with Gasteiger partial charge in [-0.2, -0.15) is 0 Å². The normalized spacial score (nSPS) is 38.8. The van der Waals surface area contributed by atoms with Crippen LogP contribution < -0.4 is 10.6 Å². The second-order valence-electron chi connectivity index (χ2n) is 2.98. The van der Waals surface area contributed by atoms with Gasteiger partial charge < -0.3 is 0 Å². The third-order valence-corrected chi connectivity index (χ3v) is 2.20. The summed E-state index contributed by atoms with van der Waals surface area (Å²) in [5, 5.41) is 4.99. The highest BCUT2D eigenvalue weighted by Crippen LogP contribution is 2.06. The van der Waals surface area contributed by atoms with Crippen molar-refractivity contribution in [2.45, 2.75) is 19.1 Å². The summed E-state index contributed by atoms with van der Waals surface area (Å²) in [7, 11) is 0. The molecule has 2 fully saturated rings. The van der Waals surface area contributed by atoms with Crippen molar-refractivity contribution >= 4 is 0 Å². The predicted molar refractivity (Wildman–Crippen MR) is 40.6 cm³/mol. The van der Waals surface area contributed by atoms with E-state index in [9.17, 15) is 0 Å². The molecule has 0 spiro atoms. The summed E-state index contributed by atoms with van der Waals surface area (Å²) < 4.78 is 7.63. The molecular weight excluding hydrogens is 126 g/mol. The number of hydrogen-bond donors (Lipinski definition) is 2. The van der Waals surface area contributed by atoms with E-state index in [1.54, 1.807) is 5.31 Å². The maximum atomic E-state index is 7.63. The van der Waals surface area contributed by atoms with E-state index in [4.69, 9.17) is 1.41 Å². The minimum atomic E-state index is 0.206. The molecule has 3 heteroatoms. The monoisotopic (exact) mass is 142 g/mol. The quantitative estimate of drug-likeness (QED) is 0.480. The SMILES string of the molecule is [2H]N1CCCN2CCCNC12. The van der Waals surface area contributed by atoms with E-state index in [2.05, 4.69) is 10.2 Å². The Bertz CT molecular complexity index is 140.